The number of hydrogen-bond donors (Lipinski definition) is 1. The number of anilines is 2. The fourth-order valence-electron chi connectivity index (χ4n) is 4.63. The van der Waals surface area contributed by atoms with E-state index in [4.69, 9.17) is 11.6 Å². The first-order valence-electron chi connectivity index (χ1n) is 11.5. The van der Waals surface area contributed by atoms with Gasteiger partial charge in [-0.05, 0) is 64.0 Å². The van der Waals surface area contributed by atoms with Crippen molar-refractivity contribution in [1.29, 1.82) is 0 Å². The zero-order chi connectivity index (χ0) is 23.8. The Balaban J connectivity index is 1.38. The van der Waals surface area contributed by atoms with Crippen LogP contribution in [0.15, 0.2) is 30.9 Å². The number of hydrogen-bond acceptors (Lipinski definition) is 7. The van der Waals surface area contributed by atoms with Crippen LogP contribution in [0.3, 0.4) is 0 Å². The highest BCUT2D eigenvalue weighted by Gasteiger charge is 2.30. The van der Waals surface area contributed by atoms with E-state index in [2.05, 4.69) is 39.4 Å². The van der Waals surface area contributed by atoms with E-state index in [1.54, 1.807) is 34.6 Å². The molecule has 0 aliphatic heterocycles. The van der Waals surface area contributed by atoms with Gasteiger partial charge in [0.2, 0.25) is 5.91 Å². The van der Waals surface area contributed by atoms with Crippen LogP contribution in [0.25, 0.3) is 15.7 Å². The molecule has 0 unspecified atom stereocenters. The first kappa shape index (κ1) is 23.0. The number of thiophene rings is 1. The number of amides is 1. The minimum Gasteiger partial charge on any atom is -0.345 e. The average Bonchev–Trinajstić information content (AvgIpc) is 3.42. The van der Waals surface area contributed by atoms with Crippen molar-refractivity contribution in [3.8, 4) is 0 Å². The molecule has 1 N–H and O–H groups in total. The van der Waals surface area contributed by atoms with E-state index in [0.717, 1.165) is 66.0 Å². The molecule has 1 aliphatic carbocycles. The largest absolute Gasteiger partial charge is 0.345 e. The molecule has 4 aromatic heterocycles. The zero-order valence-electron chi connectivity index (χ0n) is 19.6. The summed E-state index contributed by atoms with van der Waals surface area (Å²) in [5.74, 6) is 1.01. The molecule has 1 atom stereocenters. The summed E-state index contributed by atoms with van der Waals surface area (Å²) in [5, 5.41) is 9.26. The van der Waals surface area contributed by atoms with E-state index < -0.39 is 0 Å². The highest BCUT2D eigenvalue weighted by Crippen LogP contribution is 2.41. The Morgan fingerprint density at radius 3 is 2.97 bits per heavy atom. The van der Waals surface area contributed by atoms with Gasteiger partial charge in [0, 0.05) is 36.8 Å². The lowest BCUT2D eigenvalue weighted by molar-refractivity contribution is -0.134. The Bertz CT molecular complexity index is 1350. The number of nitrogens with one attached hydrogen (secondary N) is 1. The second-order valence-corrected chi connectivity index (χ2v) is 10.6. The Morgan fingerprint density at radius 2 is 2.15 bits per heavy atom. The number of nitrogens with zero attached hydrogens (tertiary/aromatic N) is 6. The smallest absolute Gasteiger partial charge is 0.225 e. The molecule has 0 spiro atoms. The molecule has 0 fully saturated rings. The second-order valence-electron chi connectivity index (χ2n) is 9.12. The monoisotopic (exact) mass is 497 g/mol. The lowest BCUT2D eigenvalue weighted by atomic mass is 9.87. The molecule has 34 heavy (non-hydrogen) atoms. The molecular formula is C24H28ClN7OS. The van der Waals surface area contributed by atoms with Crippen LogP contribution in [0.5, 0.6) is 0 Å². The van der Waals surface area contributed by atoms with Gasteiger partial charge in [0.1, 0.15) is 17.0 Å². The van der Waals surface area contributed by atoms with Gasteiger partial charge in [-0.1, -0.05) is 11.6 Å². The minimum atomic E-state index is 0.0213. The van der Waals surface area contributed by atoms with Crippen molar-refractivity contribution >= 4 is 56.1 Å². The van der Waals surface area contributed by atoms with Crippen LogP contribution in [0, 0.1) is 5.92 Å². The van der Waals surface area contributed by atoms with Gasteiger partial charge in [0.25, 0.3) is 0 Å². The van der Waals surface area contributed by atoms with Crippen molar-refractivity contribution < 1.29 is 4.79 Å². The number of pyridine rings is 1. The molecule has 0 bridgehead atoms. The third-order valence-corrected chi connectivity index (χ3v) is 7.87. The first-order valence-corrected chi connectivity index (χ1v) is 12.6. The van der Waals surface area contributed by atoms with Crippen LogP contribution in [-0.2, 0) is 17.6 Å². The summed E-state index contributed by atoms with van der Waals surface area (Å²) in [6.45, 7) is 1.77. The molecule has 4 aromatic rings. The van der Waals surface area contributed by atoms with Gasteiger partial charge in [-0.3, -0.25) is 4.79 Å². The molecule has 5 rings (SSSR count). The Labute approximate surface area is 207 Å². The van der Waals surface area contributed by atoms with Crippen molar-refractivity contribution in [3.05, 3.63) is 46.3 Å². The summed E-state index contributed by atoms with van der Waals surface area (Å²) in [6.07, 6.45) is 8.53. The minimum absolute atomic E-state index is 0.0213. The second kappa shape index (κ2) is 9.48. The van der Waals surface area contributed by atoms with Crippen molar-refractivity contribution in [2.75, 3.05) is 39.5 Å². The molecule has 10 heteroatoms. The molecule has 4 heterocycles. The summed E-state index contributed by atoms with van der Waals surface area (Å²) in [5.41, 5.74) is 2.97. The molecule has 1 aliphatic rings. The maximum atomic E-state index is 13.1. The summed E-state index contributed by atoms with van der Waals surface area (Å²) >= 11 is 8.18. The Hall–Kier alpha value is -2.75. The van der Waals surface area contributed by atoms with Crippen LogP contribution in [-0.4, -0.2) is 69.5 Å². The maximum absolute atomic E-state index is 13.1. The third-order valence-electron chi connectivity index (χ3n) is 6.41. The molecule has 0 saturated carbocycles. The van der Waals surface area contributed by atoms with Crippen molar-refractivity contribution in [1.82, 2.24) is 29.4 Å². The quantitative estimate of drug-likeness (QED) is 0.411. The molecule has 8 nitrogen and oxygen atoms in total. The topological polar surface area (TPSA) is 78.7 Å². The van der Waals surface area contributed by atoms with E-state index in [0.29, 0.717) is 5.02 Å². The van der Waals surface area contributed by atoms with E-state index >= 15 is 0 Å². The maximum Gasteiger partial charge on any atom is 0.225 e. The molecule has 178 valence electrons. The standard InChI is InChI=1S/C24H28ClN7OS/c1-30(2)9-4-10-31(3)24(33)15-5-6-17-20(11-15)34-23-21(17)22(26-14-27-23)29-19-12-16-7-8-28-32(16)13-18(19)25/h7-8,12-15H,4-6,9-11H2,1-3H3,(H,26,27,29)/t15-/m0/s1. The SMILES string of the molecule is CN(C)CCCN(C)C(=O)[C@H]1CCc2c(sc3ncnc(Nc4cc5ccnn5cc4Cl)c23)C1. The van der Waals surface area contributed by atoms with Crippen LogP contribution >= 0.6 is 22.9 Å². The van der Waals surface area contributed by atoms with Crippen LogP contribution in [0.1, 0.15) is 23.3 Å². The van der Waals surface area contributed by atoms with E-state index in [1.165, 1.54) is 10.4 Å². The number of halogens is 1. The average molecular weight is 498 g/mol. The van der Waals surface area contributed by atoms with E-state index in [-0.39, 0.29) is 11.8 Å². The predicted molar refractivity (Wildman–Crippen MR) is 137 cm³/mol. The fraction of sp³-hybridized carbons (Fsp3) is 0.417. The molecule has 0 aromatic carbocycles. The highest BCUT2D eigenvalue weighted by molar-refractivity contribution is 7.19. The van der Waals surface area contributed by atoms with E-state index in [1.807, 2.05) is 24.1 Å². The Morgan fingerprint density at radius 1 is 1.29 bits per heavy atom. The highest BCUT2D eigenvalue weighted by atomic mass is 35.5. The van der Waals surface area contributed by atoms with Crippen molar-refractivity contribution in [3.63, 3.8) is 0 Å². The predicted octanol–water partition coefficient (Wildman–Crippen LogP) is 4.25. The van der Waals surface area contributed by atoms with Crippen LogP contribution in [0.2, 0.25) is 5.02 Å². The summed E-state index contributed by atoms with van der Waals surface area (Å²) in [6, 6.07) is 3.89. The van der Waals surface area contributed by atoms with Crippen LogP contribution < -0.4 is 5.32 Å². The lowest BCUT2D eigenvalue weighted by Gasteiger charge is -2.27. The van der Waals surface area contributed by atoms with Gasteiger partial charge < -0.3 is 15.1 Å². The first-order chi connectivity index (χ1) is 16.4. The van der Waals surface area contributed by atoms with Gasteiger partial charge in [0.05, 0.1) is 21.6 Å². The Kier molecular flexibility index (Phi) is 6.42. The van der Waals surface area contributed by atoms with Crippen molar-refractivity contribution in [2.45, 2.75) is 25.7 Å². The number of aromatic nitrogens is 4. The van der Waals surface area contributed by atoms with Crippen LogP contribution in [0.4, 0.5) is 11.5 Å². The summed E-state index contributed by atoms with van der Waals surface area (Å²) < 4.78 is 1.74. The number of fused-ring (bicyclic) bond motifs is 4. The van der Waals surface area contributed by atoms with Gasteiger partial charge in [-0.2, -0.15) is 5.10 Å². The zero-order valence-corrected chi connectivity index (χ0v) is 21.2. The summed E-state index contributed by atoms with van der Waals surface area (Å²) in [4.78, 5) is 28.4. The third kappa shape index (κ3) is 4.47. The normalized spacial score (nSPS) is 15.7. The van der Waals surface area contributed by atoms with Crippen molar-refractivity contribution in [2.24, 2.45) is 5.92 Å². The number of carbonyl (C=O) groups excluding carboxylic acids is 1. The number of carbonyl (C=O) groups is 1. The lowest BCUT2D eigenvalue weighted by Crippen LogP contribution is -2.36. The molecule has 0 saturated heterocycles. The molecule has 1 amide bonds. The van der Waals surface area contributed by atoms with Gasteiger partial charge in [-0.15, -0.1) is 11.3 Å². The molecular weight excluding hydrogens is 470 g/mol. The van der Waals surface area contributed by atoms with Gasteiger partial charge >= 0.3 is 0 Å². The van der Waals surface area contributed by atoms with Gasteiger partial charge in [0.15, 0.2) is 0 Å². The number of rotatable bonds is 7. The number of aryl methyl sites for hydroxylation is 1. The summed E-state index contributed by atoms with van der Waals surface area (Å²) in [7, 11) is 6.04. The molecule has 0 radical (unpaired) electrons. The van der Waals surface area contributed by atoms with E-state index in [9.17, 15) is 4.79 Å². The van der Waals surface area contributed by atoms with Gasteiger partial charge in [-0.25, -0.2) is 14.5 Å². The fourth-order valence-corrected chi connectivity index (χ4v) is 6.09.